The zero-order chi connectivity index (χ0) is 20.6. The molecule has 3 rings (SSSR count). The number of aliphatic imine (C=N–C) groups is 1. The van der Waals surface area contributed by atoms with E-state index < -0.39 is 5.97 Å². The molecule has 0 atom stereocenters. The third-order valence-corrected chi connectivity index (χ3v) is 5.43. The van der Waals surface area contributed by atoms with Gasteiger partial charge in [-0.25, -0.2) is 4.79 Å². The molecule has 0 aromatic heterocycles. The van der Waals surface area contributed by atoms with Crippen LogP contribution < -0.4 is 9.64 Å². The van der Waals surface area contributed by atoms with Crippen molar-refractivity contribution in [1.82, 2.24) is 0 Å². The van der Waals surface area contributed by atoms with E-state index in [9.17, 15) is 4.79 Å². The molecule has 0 bridgehead atoms. The SMILES string of the molecule is CCOC(=O)COc1c(Br)cc(C=Nc2ccc(N3CCOCC3)cc2)cc1Br. The summed E-state index contributed by atoms with van der Waals surface area (Å²) in [7, 11) is 0. The summed E-state index contributed by atoms with van der Waals surface area (Å²) in [6.45, 7) is 5.30. The quantitative estimate of drug-likeness (QED) is 0.386. The summed E-state index contributed by atoms with van der Waals surface area (Å²) in [5.74, 6) is 0.141. The van der Waals surface area contributed by atoms with Crippen molar-refractivity contribution in [2.24, 2.45) is 4.99 Å². The van der Waals surface area contributed by atoms with Crippen molar-refractivity contribution < 1.29 is 19.0 Å². The zero-order valence-corrected chi connectivity index (χ0v) is 19.2. The number of ether oxygens (including phenoxy) is 3. The van der Waals surface area contributed by atoms with Gasteiger partial charge in [-0.1, -0.05) is 0 Å². The molecule has 1 saturated heterocycles. The zero-order valence-electron chi connectivity index (χ0n) is 16.1. The molecule has 0 unspecified atom stereocenters. The molecule has 0 aliphatic carbocycles. The lowest BCUT2D eigenvalue weighted by Gasteiger charge is -2.28. The second-order valence-electron chi connectivity index (χ2n) is 6.28. The molecule has 154 valence electrons. The summed E-state index contributed by atoms with van der Waals surface area (Å²) in [5.41, 5.74) is 2.95. The number of anilines is 1. The molecule has 0 radical (unpaired) electrons. The van der Waals surface area contributed by atoms with Gasteiger partial charge in [0.15, 0.2) is 6.61 Å². The van der Waals surface area contributed by atoms with Crippen molar-refractivity contribution in [3.05, 3.63) is 50.9 Å². The van der Waals surface area contributed by atoms with Crippen molar-refractivity contribution in [2.45, 2.75) is 6.92 Å². The highest BCUT2D eigenvalue weighted by molar-refractivity contribution is 9.11. The van der Waals surface area contributed by atoms with E-state index in [1.54, 1.807) is 13.1 Å². The fraction of sp³-hybridized carbons (Fsp3) is 0.333. The second-order valence-corrected chi connectivity index (χ2v) is 7.99. The number of carbonyl (C=O) groups excluding carboxylic acids is 1. The fourth-order valence-electron chi connectivity index (χ4n) is 2.85. The normalized spacial score (nSPS) is 14.2. The number of esters is 1. The first kappa shape index (κ1) is 21.8. The van der Waals surface area contributed by atoms with Crippen molar-refractivity contribution in [3.63, 3.8) is 0 Å². The number of hydrogen-bond acceptors (Lipinski definition) is 6. The van der Waals surface area contributed by atoms with Gasteiger partial charge in [-0.15, -0.1) is 0 Å². The molecule has 1 aliphatic rings. The highest BCUT2D eigenvalue weighted by atomic mass is 79.9. The average molecular weight is 526 g/mol. The number of carbonyl (C=O) groups is 1. The topological polar surface area (TPSA) is 60.4 Å². The summed E-state index contributed by atoms with van der Waals surface area (Å²) in [5, 5.41) is 0. The molecular formula is C21H22Br2N2O4. The summed E-state index contributed by atoms with van der Waals surface area (Å²) in [6.07, 6.45) is 1.79. The molecule has 0 saturated carbocycles. The van der Waals surface area contributed by atoms with E-state index in [-0.39, 0.29) is 6.61 Å². The van der Waals surface area contributed by atoms with Gasteiger partial charge in [0.05, 0.1) is 34.5 Å². The maximum absolute atomic E-state index is 11.5. The van der Waals surface area contributed by atoms with Gasteiger partial charge in [0.1, 0.15) is 5.75 Å². The number of hydrogen-bond donors (Lipinski definition) is 0. The number of halogens is 2. The van der Waals surface area contributed by atoms with Crippen LogP contribution in [0.3, 0.4) is 0 Å². The average Bonchev–Trinajstić information content (AvgIpc) is 2.73. The highest BCUT2D eigenvalue weighted by Crippen LogP contribution is 2.34. The van der Waals surface area contributed by atoms with E-state index in [1.807, 2.05) is 24.3 Å². The molecule has 0 amide bonds. The predicted octanol–water partition coefficient (Wildman–Crippen LogP) is 4.74. The van der Waals surface area contributed by atoms with Crippen molar-refractivity contribution in [3.8, 4) is 5.75 Å². The summed E-state index contributed by atoms with van der Waals surface area (Å²) >= 11 is 6.96. The van der Waals surface area contributed by atoms with E-state index in [0.29, 0.717) is 12.4 Å². The summed E-state index contributed by atoms with van der Waals surface area (Å²) in [4.78, 5) is 18.3. The van der Waals surface area contributed by atoms with Crippen LogP contribution in [0.5, 0.6) is 5.75 Å². The molecule has 29 heavy (non-hydrogen) atoms. The Labute approximate surface area is 187 Å². The standard InChI is InChI=1S/C21H22Br2N2O4/c1-2-28-20(26)14-29-21-18(22)11-15(12-19(21)23)13-24-16-3-5-17(6-4-16)25-7-9-27-10-8-25/h3-6,11-13H,2,7-10,14H2,1H3. The molecule has 0 spiro atoms. The molecule has 1 heterocycles. The van der Waals surface area contributed by atoms with Gasteiger partial charge >= 0.3 is 5.97 Å². The Morgan fingerprint density at radius 3 is 2.45 bits per heavy atom. The van der Waals surface area contributed by atoms with Crippen molar-refractivity contribution in [1.29, 1.82) is 0 Å². The molecule has 6 nitrogen and oxygen atoms in total. The molecule has 1 aliphatic heterocycles. The van der Waals surface area contributed by atoms with Gasteiger partial charge < -0.3 is 19.1 Å². The minimum Gasteiger partial charge on any atom is -0.480 e. The van der Waals surface area contributed by atoms with Gasteiger partial charge in [-0.3, -0.25) is 4.99 Å². The van der Waals surface area contributed by atoms with Crippen LogP contribution >= 0.6 is 31.9 Å². The Morgan fingerprint density at radius 1 is 1.17 bits per heavy atom. The predicted molar refractivity (Wildman–Crippen MR) is 121 cm³/mol. The van der Waals surface area contributed by atoms with Gasteiger partial charge in [-0.2, -0.15) is 0 Å². The number of nitrogens with zero attached hydrogens (tertiary/aromatic N) is 2. The Kier molecular flexibility index (Phi) is 8.09. The monoisotopic (exact) mass is 524 g/mol. The van der Waals surface area contributed by atoms with E-state index in [2.05, 4.69) is 53.9 Å². The first-order chi connectivity index (χ1) is 14.1. The van der Waals surface area contributed by atoms with Crippen LogP contribution in [0.2, 0.25) is 0 Å². The Balaban J connectivity index is 1.65. The van der Waals surface area contributed by atoms with Crippen LogP contribution in [0, 0.1) is 0 Å². The maximum Gasteiger partial charge on any atom is 0.344 e. The van der Waals surface area contributed by atoms with Crippen LogP contribution in [-0.2, 0) is 14.3 Å². The Hall–Kier alpha value is -1.90. The minimum absolute atomic E-state index is 0.145. The third-order valence-electron chi connectivity index (χ3n) is 4.25. The molecule has 0 N–H and O–H groups in total. The molecule has 2 aromatic rings. The van der Waals surface area contributed by atoms with Gasteiger partial charge in [-0.05, 0) is 80.7 Å². The maximum atomic E-state index is 11.5. The fourth-order valence-corrected chi connectivity index (χ4v) is 4.30. The van der Waals surface area contributed by atoms with Crippen molar-refractivity contribution >= 4 is 55.4 Å². The van der Waals surface area contributed by atoms with Crippen LogP contribution in [0.25, 0.3) is 0 Å². The molecule has 8 heteroatoms. The highest BCUT2D eigenvalue weighted by Gasteiger charge is 2.12. The smallest absolute Gasteiger partial charge is 0.344 e. The number of morpholine rings is 1. The third kappa shape index (κ3) is 6.29. The molecule has 2 aromatic carbocycles. The minimum atomic E-state index is -0.405. The first-order valence-corrected chi connectivity index (χ1v) is 10.9. The lowest BCUT2D eigenvalue weighted by molar-refractivity contribution is -0.145. The molecule has 1 fully saturated rings. The largest absolute Gasteiger partial charge is 0.480 e. The van der Waals surface area contributed by atoms with E-state index >= 15 is 0 Å². The Bertz CT molecular complexity index is 842. The number of benzene rings is 2. The van der Waals surface area contributed by atoms with Crippen LogP contribution in [0.4, 0.5) is 11.4 Å². The van der Waals surface area contributed by atoms with Gasteiger partial charge in [0, 0.05) is 25.0 Å². The van der Waals surface area contributed by atoms with Crippen LogP contribution in [0.1, 0.15) is 12.5 Å². The second kappa shape index (κ2) is 10.8. The first-order valence-electron chi connectivity index (χ1n) is 9.31. The Morgan fingerprint density at radius 2 is 1.83 bits per heavy atom. The van der Waals surface area contributed by atoms with Crippen LogP contribution in [-0.4, -0.2) is 51.7 Å². The van der Waals surface area contributed by atoms with E-state index in [1.165, 1.54) is 5.69 Å². The van der Waals surface area contributed by atoms with Crippen molar-refractivity contribution in [2.75, 3.05) is 44.4 Å². The summed E-state index contributed by atoms with van der Waals surface area (Å²) < 4.78 is 17.3. The van der Waals surface area contributed by atoms with Gasteiger partial charge in [0.25, 0.3) is 0 Å². The molecular weight excluding hydrogens is 504 g/mol. The van der Waals surface area contributed by atoms with Gasteiger partial charge in [0.2, 0.25) is 0 Å². The van der Waals surface area contributed by atoms with E-state index in [0.717, 1.165) is 46.5 Å². The summed E-state index contributed by atoms with van der Waals surface area (Å²) in [6, 6.07) is 11.9. The number of rotatable bonds is 7. The van der Waals surface area contributed by atoms with Crippen LogP contribution in [0.15, 0.2) is 50.3 Å². The lowest BCUT2D eigenvalue weighted by Crippen LogP contribution is -2.36. The lowest BCUT2D eigenvalue weighted by atomic mass is 10.2. The van der Waals surface area contributed by atoms with E-state index in [4.69, 9.17) is 14.2 Å².